The number of fused-ring (bicyclic) bond motifs is 1. The van der Waals surface area contributed by atoms with Crippen LogP contribution in [0, 0.1) is 0 Å². The van der Waals surface area contributed by atoms with Gasteiger partial charge in [0.1, 0.15) is 5.75 Å². The molecule has 2 aromatic rings. The summed E-state index contributed by atoms with van der Waals surface area (Å²) in [6, 6.07) is 14.6. The summed E-state index contributed by atoms with van der Waals surface area (Å²) in [5.41, 5.74) is 2.35. The summed E-state index contributed by atoms with van der Waals surface area (Å²) in [5, 5.41) is 5.53. The Morgan fingerprint density at radius 1 is 1.17 bits per heavy atom. The van der Waals surface area contributed by atoms with Gasteiger partial charge in [0.25, 0.3) is 5.91 Å². The van der Waals surface area contributed by atoms with Crippen molar-refractivity contribution in [3.63, 3.8) is 0 Å². The second-order valence-electron chi connectivity index (χ2n) is 5.79. The lowest BCUT2D eigenvalue weighted by atomic mass is 10.1. The monoisotopic (exact) mass is 325 g/mol. The lowest BCUT2D eigenvalue weighted by molar-refractivity contribution is -0.128. The molecule has 0 aliphatic carbocycles. The molecule has 1 aliphatic rings. The summed E-state index contributed by atoms with van der Waals surface area (Å²) in [7, 11) is 3.90. The molecule has 1 heterocycles. The highest BCUT2D eigenvalue weighted by atomic mass is 16.5. The minimum absolute atomic E-state index is 0.0460. The molecule has 24 heavy (non-hydrogen) atoms. The van der Waals surface area contributed by atoms with Gasteiger partial charge in [-0.25, -0.2) is 0 Å². The predicted molar refractivity (Wildman–Crippen MR) is 93.5 cm³/mol. The molecule has 6 nitrogen and oxygen atoms in total. The Labute approximate surface area is 140 Å². The molecular weight excluding hydrogens is 306 g/mol. The van der Waals surface area contributed by atoms with Gasteiger partial charge in [-0.2, -0.15) is 0 Å². The van der Waals surface area contributed by atoms with Gasteiger partial charge in [0.2, 0.25) is 5.91 Å². The van der Waals surface area contributed by atoms with Crippen molar-refractivity contribution >= 4 is 28.9 Å². The molecule has 1 unspecified atom stereocenters. The van der Waals surface area contributed by atoms with Crippen LogP contribution in [0.3, 0.4) is 0 Å². The van der Waals surface area contributed by atoms with E-state index in [4.69, 9.17) is 4.74 Å². The Morgan fingerprint density at radius 2 is 1.88 bits per heavy atom. The van der Waals surface area contributed by atoms with E-state index in [1.165, 1.54) is 0 Å². The minimum Gasteiger partial charge on any atom is -0.478 e. The van der Waals surface area contributed by atoms with Crippen LogP contribution < -0.4 is 20.3 Å². The minimum atomic E-state index is -0.832. The van der Waals surface area contributed by atoms with Gasteiger partial charge in [-0.3, -0.25) is 9.59 Å². The van der Waals surface area contributed by atoms with E-state index >= 15 is 0 Å². The Hall–Kier alpha value is -3.02. The number of carbonyl (C=O) groups is 2. The maximum Gasteiger partial charge on any atom is 0.266 e. The Balaban J connectivity index is 1.62. The summed E-state index contributed by atoms with van der Waals surface area (Å²) in [6.07, 6.45) is -0.878. The van der Waals surface area contributed by atoms with Crippen molar-refractivity contribution in [1.29, 1.82) is 0 Å². The van der Waals surface area contributed by atoms with Crippen molar-refractivity contribution in [3.05, 3.63) is 48.5 Å². The normalized spacial score (nSPS) is 15.8. The molecule has 6 heteroatoms. The van der Waals surface area contributed by atoms with Crippen LogP contribution >= 0.6 is 0 Å². The summed E-state index contributed by atoms with van der Waals surface area (Å²) >= 11 is 0. The second kappa shape index (κ2) is 6.62. The van der Waals surface area contributed by atoms with Crippen LogP contribution in [0.15, 0.2) is 48.5 Å². The first-order chi connectivity index (χ1) is 11.5. The first-order valence-corrected chi connectivity index (χ1v) is 7.67. The molecule has 0 saturated heterocycles. The molecule has 0 bridgehead atoms. The number of rotatable bonds is 4. The molecule has 2 N–H and O–H groups in total. The van der Waals surface area contributed by atoms with Crippen molar-refractivity contribution in [1.82, 2.24) is 0 Å². The van der Waals surface area contributed by atoms with Crippen LogP contribution in [0.1, 0.15) is 6.42 Å². The standard InChI is InChI=1S/C18H19N3O3/c1-21(2)13-9-7-12(8-10-13)19-17(22)11-16-18(23)20-14-5-3-4-6-15(14)24-16/h3-10,16H,11H2,1-2H3,(H,19,22)(H,20,23). The zero-order valence-electron chi connectivity index (χ0n) is 13.6. The van der Waals surface area contributed by atoms with Crippen molar-refractivity contribution in [2.75, 3.05) is 29.6 Å². The first kappa shape index (κ1) is 15.9. The fourth-order valence-corrected chi connectivity index (χ4v) is 2.45. The maximum absolute atomic E-state index is 12.2. The SMILES string of the molecule is CN(C)c1ccc(NC(=O)CC2Oc3ccccc3NC2=O)cc1. The third kappa shape index (κ3) is 3.48. The van der Waals surface area contributed by atoms with E-state index in [2.05, 4.69) is 10.6 Å². The predicted octanol–water partition coefficient (Wildman–Crippen LogP) is 2.48. The number of nitrogens with one attached hydrogen (secondary N) is 2. The molecule has 0 radical (unpaired) electrons. The van der Waals surface area contributed by atoms with E-state index in [1.54, 1.807) is 12.1 Å². The number of para-hydroxylation sites is 2. The van der Waals surface area contributed by atoms with Crippen molar-refractivity contribution in [3.8, 4) is 5.75 Å². The molecule has 0 aromatic heterocycles. The van der Waals surface area contributed by atoms with Gasteiger partial charge >= 0.3 is 0 Å². The van der Waals surface area contributed by atoms with E-state index < -0.39 is 6.10 Å². The average Bonchev–Trinajstić information content (AvgIpc) is 2.56. The van der Waals surface area contributed by atoms with Gasteiger partial charge in [0.05, 0.1) is 12.1 Å². The Morgan fingerprint density at radius 3 is 2.58 bits per heavy atom. The summed E-state index contributed by atoms with van der Waals surface area (Å²) in [4.78, 5) is 26.2. The fraction of sp³-hybridized carbons (Fsp3) is 0.222. The number of amides is 2. The number of nitrogens with zero attached hydrogens (tertiary/aromatic N) is 1. The second-order valence-corrected chi connectivity index (χ2v) is 5.79. The lowest BCUT2D eigenvalue weighted by Crippen LogP contribution is -2.39. The van der Waals surface area contributed by atoms with E-state index in [0.29, 0.717) is 17.1 Å². The van der Waals surface area contributed by atoms with Gasteiger partial charge in [-0.15, -0.1) is 0 Å². The third-order valence-electron chi connectivity index (χ3n) is 3.74. The average molecular weight is 325 g/mol. The van der Waals surface area contributed by atoms with Gasteiger partial charge < -0.3 is 20.3 Å². The number of benzene rings is 2. The number of carbonyl (C=O) groups excluding carboxylic acids is 2. The number of anilines is 3. The zero-order valence-corrected chi connectivity index (χ0v) is 13.6. The molecule has 2 amide bonds. The highest BCUT2D eigenvalue weighted by molar-refractivity contribution is 6.01. The van der Waals surface area contributed by atoms with Crippen LogP contribution in [-0.2, 0) is 9.59 Å². The van der Waals surface area contributed by atoms with Gasteiger partial charge in [0, 0.05) is 25.5 Å². The first-order valence-electron chi connectivity index (χ1n) is 7.67. The topological polar surface area (TPSA) is 70.7 Å². The van der Waals surface area contributed by atoms with Crippen LogP contribution in [-0.4, -0.2) is 32.0 Å². The molecule has 1 atom stereocenters. The van der Waals surface area contributed by atoms with Crippen LogP contribution in [0.2, 0.25) is 0 Å². The summed E-state index contributed by atoms with van der Waals surface area (Å²) in [5.74, 6) is -0.0100. The van der Waals surface area contributed by atoms with Crippen LogP contribution in [0.25, 0.3) is 0 Å². The molecule has 1 aliphatic heterocycles. The lowest BCUT2D eigenvalue weighted by Gasteiger charge is -2.25. The third-order valence-corrected chi connectivity index (χ3v) is 3.74. The molecular formula is C18H19N3O3. The highest BCUT2D eigenvalue weighted by Crippen LogP contribution is 2.29. The van der Waals surface area contributed by atoms with Gasteiger partial charge in [0.15, 0.2) is 6.10 Å². The highest BCUT2D eigenvalue weighted by Gasteiger charge is 2.29. The molecule has 2 aromatic carbocycles. The van der Waals surface area contributed by atoms with E-state index in [9.17, 15) is 9.59 Å². The van der Waals surface area contributed by atoms with E-state index in [0.717, 1.165) is 5.69 Å². The number of ether oxygens (including phenoxy) is 1. The van der Waals surface area contributed by atoms with Crippen molar-refractivity contribution in [2.45, 2.75) is 12.5 Å². The van der Waals surface area contributed by atoms with Gasteiger partial charge in [-0.1, -0.05) is 12.1 Å². The number of hydrogen-bond acceptors (Lipinski definition) is 4. The van der Waals surface area contributed by atoms with E-state index in [-0.39, 0.29) is 18.2 Å². The Kier molecular flexibility index (Phi) is 4.37. The molecule has 0 saturated carbocycles. The van der Waals surface area contributed by atoms with Crippen LogP contribution in [0.4, 0.5) is 17.1 Å². The Bertz CT molecular complexity index is 756. The largest absolute Gasteiger partial charge is 0.478 e. The zero-order chi connectivity index (χ0) is 17.1. The van der Waals surface area contributed by atoms with Crippen LogP contribution in [0.5, 0.6) is 5.75 Å². The number of hydrogen-bond donors (Lipinski definition) is 2. The van der Waals surface area contributed by atoms with Crippen molar-refractivity contribution < 1.29 is 14.3 Å². The molecule has 124 valence electrons. The van der Waals surface area contributed by atoms with E-state index in [1.807, 2.05) is 55.4 Å². The molecule has 0 spiro atoms. The summed E-state index contributed by atoms with van der Waals surface area (Å²) in [6.45, 7) is 0. The van der Waals surface area contributed by atoms with Crippen molar-refractivity contribution in [2.24, 2.45) is 0 Å². The molecule has 0 fully saturated rings. The van der Waals surface area contributed by atoms with Gasteiger partial charge in [-0.05, 0) is 36.4 Å². The fourth-order valence-electron chi connectivity index (χ4n) is 2.45. The summed E-state index contributed by atoms with van der Waals surface area (Å²) < 4.78 is 5.62. The smallest absolute Gasteiger partial charge is 0.266 e. The molecule has 3 rings (SSSR count). The quantitative estimate of drug-likeness (QED) is 0.906. The maximum atomic E-state index is 12.2.